The number of anilines is 1. The molecule has 1 spiro atoms. The second-order valence-corrected chi connectivity index (χ2v) is 6.37. The molecule has 0 radical (unpaired) electrons. The molecule has 110 valence electrons. The molecule has 2 aliphatic rings. The van der Waals surface area contributed by atoms with Crippen LogP contribution in [0.2, 0.25) is 0 Å². The summed E-state index contributed by atoms with van der Waals surface area (Å²) in [7, 11) is 0. The van der Waals surface area contributed by atoms with Gasteiger partial charge in [0, 0.05) is 18.2 Å². The Labute approximate surface area is 117 Å². The number of hydrogen-bond acceptors (Lipinski definition) is 1. The van der Waals surface area contributed by atoms with Crippen molar-refractivity contribution in [1.29, 1.82) is 0 Å². The maximum absolute atomic E-state index is 13.6. The molecule has 1 N–H and O–H groups in total. The fourth-order valence-electron chi connectivity index (χ4n) is 3.88. The van der Waals surface area contributed by atoms with Crippen molar-refractivity contribution in [1.82, 2.24) is 0 Å². The van der Waals surface area contributed by atoms with Gasteiger partial charge in [0.1, 0.15) is 5.82 Å². The van der Waals surface area contributed by atoms with Crippen LogP contribution in [0.5, 0.6) is 0 Å². The molecule has 2 fully saturated rings. The minimum absolute atomic E-state index is 0.0464. The fraction of sp³-hybridized carbons (Fsp3) is 0.625. The average molecular weight is 283 g/mol. The third-order valence-electron chi connectivity index (χ3n) is 5.06. The molecule has 0 saturated heterocycles. The molecule has 3 rings (SSSR count). The molecule has 0 heterocycles. The Morgan fingerprint density at radius 2 is 1.60 bits per heavy atom. The van der Waals surface area contributed by atoms with E-state index in [-0.39, 0.29) is 11.7 Å². The predicted octanol–water partition coefficient (Wildman–Crippen LogP) is 5.02. The molecule has 2 aliphatic carbocycles. The lowest BCUT2D eigenvalue weighted by atomic mass is 9.71. The minimum Gasteiger partial charge on any atom is -0.380 e. The van der Waals surface area contributed by atoms with Gasteiger partial charge in [-0.05, 0) is 43.9 Å². The smallest absolute Gasteiger partial charge is 0.182 e. The van der Waals surface area contributed by atoms with Crippen molar-refractivity contribution in [2.45, 2.75) is 57.4 Å². The topological polar surface area (TPSA) is 12.0 Å². The first-order valence-electron chi connectivity index (χ1n) is 7.49. The van der Waals surface area contributed by atoms with E-state index in [1.807, 2.05) is 0 Å². The van der Waals surface area contributed by atoms with Crippen molar-refractivity contribution in [2.75, 3.05) is 5.32 Å². The summed E-state index contributed by atoms with van der Waals surface area (Å²) >= 11 is 0. The van der Waals surface area contributed by atoms with Crippen LogP contribution < -0.4 is 5.32 Å². The van der Waals surface area contributed by atoms with Crippen molar-refractivity contribution in [3.8, 4) is 0 Å². The Balaban J connectivity index is 1.65. The maximum Gasteiger partial charge on any atom is 0.182 e. The highest BCUT2D eigenvalue weighted by molar-refractivity contribution is 5.46. The summed E-state index contributed by atoms with van der Waals surface area (Å²) in [6.45, 7) is 0. The van der Waals surface area contributed by atoms with Crippen LogP contribution in [0.4, 0.5) is 18.9 Å². The second-order valence-electron chi connectivity index (χ2n) is 6.37. The molecule has 1 aromatic carbocycles. The molecular formula is C16H20F3N. The summed E-state index contributed by atoms with van der Waals surface area (Å²) in [5, 5.41) is 2.98. The standard InChI is InChI=1S/C16H20F3N/c17-11-9-13(18)15(19)14(10-11)20-12-3-7-16(8-4-12)5-1-2-6-16/h9-10,12,20H,1-8H2. The lowest BCUT2D eigenvalue weighted by Crippen LogP contribution is -2.32. The molecule has 0 aromatic heterocycles. The lowest BCUT2D eigenvalue weighted by molar-refractivity contribution is 0.188. The van der Waals surface area contributed by atoms with Crippen molar-refractivity contribution >= 4 is 5.69 Å². The van der Waals surface area contributed by atoms with Gasteiger partial charge >= 0.3 is 0 Å². The van der Waals surface area contributed by atoms with Gasteiger partial charge in [-0.25, -0.2) is 13.2 Å². The maximum atomic E-state index is 13.6. The van der Waals surface area contributed by atoms with Crippen LogP contribution in [0.15, 0.2) is 12.1 Å². The zero-order valence-electron chi connectivity index (χ0n) is 11.5. The molecule has 1 nitrogen and oxygen atoms in total. The van der Waals surface area contributed by atoms with E-state index in [9.17, 15) is 13.2 Å². The van der Waals surface area contributed by atoms with E-state index < -0.39 is 17.5 Å². The summed E-state index contributed by atoms with van der Waals surface area (Å²) in [5.41, 5.74) is 0.457. The van der Waals surface area contributed by atoms with E-state index in [1.165, 1.54) is 25.7 Å². The van der Waals surface area contributed by atoms with Gasteiger partial charge < -0.3 is 5.32 Å². The van der Waals surface area contributed by atoms with Crippen LogP contribution in [0.3, 0.4) is 0 Å². The highest BCUT2D eigenvalue weighted by Gasteiger charge is 2.37. The Bertz CT molecular complexity index is 485. The van der Waals surface area contributed by atoms with Crippen molar-refractivity contribution in [3.05, 3.63) is 29.6 Å². The van der Waals surface area contributed by atoms with Crippen LogP contribution in [0, 0.1) is 22.9 Å². The van der Waals surface area contributed by atoms with E-state index >= 15 is 0 Å². The summed E-state index contributed by atoms with van der Waals surface area (Å²) in [6.07, 6.45) is 9.46. The van der Waals surface area contributed by atoms with Gasteiger partial charge in [0.2, 0.25) is 0 Å². The second kappa shape index (κ2) is 5.30. The van der Waals surface area contributed by atoms with Crippen molar-refractivity contribution < 1.29 is 13.2 Å². The fourth-order valence-corrected chi connectivity index (χ4v) is 3.88. The lowest BCUT2D eigenvalue weighted by Gasteiger charge is -2.37. The SMILES string of the molecule is Fc1cc(F)c(F)c(NC2CCC3(CCCC3)CC2)c1. The van der Waals surface area contributed by atoms with Crippen LogP contribution in [0.25, 0.3) is 0 Å². The molecular weight excluding hydrogens is 263 g/mol. The number of hydrogen-bond donors (Lipinski definition) is 1. The number of benzene rings is 1. The van der Waals surface area contributed by atoms with Crippen LogP contribution >= 0.6 is 0 Å². The van der Waals surface area contributed by atoms with E-state index in [4.69, 9.17) is 0 Å². The zero-order chi connectivity index (χ0) is 14.2. The predicted molar refractivity (Wildman–Crippen MR) is 73.1 cm³/mol. The molecule has 0 aliphatic heterocycles. The highest BCUT2D eigenvalue weighted by atomic mass is 19.2. The summed E-state index contributed by atoms with van der Waals surface area (Å²) in [5.74, 6) is -2.85. The third-order valence-corrected chi connectivity index (χ3v) is 5.06. The van der Waals surface area contributed by atoms with E-state index in [0.29, 0.717) is 11.5 Å². The normalized spacial score (nSPS) is 22.4. The first kappa shape index (κ1) is 13.8. The minimum atomic E-state index is -1.13. The van der Waals surface area contributed by atoms with Crippen molar-refractivity contribution in [3.63, 3.8) is 0 Å². The van der Waals surface area contributed by atoms with Crippen LogP contribution in [-0.4, -0.2) is 6.04 Å². The molecule has 1 aromatic rings. The monoisotopic (exact) mass is 283 g/mol. The number of nitrogens with one attached hydrogen (secondary N) is 1. The quantitative estimate of drug-likeness (QED) is 0.751. The van der Waals surface area contributed by atoms with Crippen LogP contribution in [-0.2, 0) is 0 Å². The molecule has 20 heavy (non-hydrogen) atoms. The van der Waals surface area contributed by atoms with Gasteiger partial charge in [0.25, 0.3) is 0 Å². The Kier molecular flexibility index (Phi) is 3.65. The summed E-state index contributed by atoms with van der Waals surface area (Å²) in [6, 6.07) is 1.74. The van der Waals surface area contributed by atoms with Gasteiger partial charge in [0.05, 0.1) is 5.69 Å². The first-order valence-corrected chi connectivity index (χ1v) is 7.49. The van der Waals surface area contributed by atoms with E-state index in [1.54, 1.807) is 0 Å². The third kappa shape index (κ3) is 2.65. The van der Waals surface area contributed by atoms with E-state index in [2.05, 4.69) is 5.32 Å². The van der Waals surface area contributed by atoms with Gasteiger partial charge in [-0.1, -0.05) is 12.8 Å². The highest BCUT2D eigenvalue weighted by Crippen LogP contribution is 2.49. The summed E-state index contributed by atoms with van der Waals surface area (Å²) < 4.78 is 40.0. The number of halogens is 3. The average Bonchev–Trinajstić information content (AvgIpc) is 2.87. The summed E-state index contributed by atoms with van der Waals surface area (Å²) in [4.78, 5) is 0. The Morgan fingerprint density at radius 3 is 2.25 bits per heavy atom. The van der Waals surface area contributed by atoms with Gasteiger partial charge in [-0.2, -0.15) is 0 Å². The molecule has 0 unspecified atom stereocenters. The molecule has 0 atom stereocenters. The molecule has 2 saturated carbocycles. The van der Waals surface area contributed by atoms with Gasteiger partial charge in [-0.3, -0.25) is 0 Å². The Morgan fingerprint density at radius 1 is 0.950 bits per heavy atom. The van der Waals surface area contributed by atoms with Crippen molar-refractivity contribution in [2.24, 2.45) is 5.41 Å². The molecule has 0 bridgehead atoms. The van der Waals surface area contributed by atoms with Gasteiger partial charge in [0.15, 0.2) is 11.6 Å². The number of rotatable bonds is 2. The Hall–Kier alpha value is -1.19. The van der Waals surface area contributed by atoms with Crippen LogP contribution in [0.1, 0.15) is 51.4 Å². The van der Waals surface area contributed by atoms with E-state index in [0.717, 1.165) is 31.7 Å². The van der Waals surface area contributed by atoms with Gasteiger partial charge in [-0.15, -0.1) is 0 Å². The molecule has 0 amide bonds. The largest absolute Gasteiger partial charge is 0.380 e. The first-order chi connectivity index (χ1) is 9.58. The zero-order valence-corrected chi connectivity index (χ0v) is 11.5. The molecule has 4 heteroatoms.